The number of thioether (sulfide) groups is 1. The third-order valence-electron chi connectivity index (χ3n) is 2.40. The molecule has 2 nitrogen and oxygen atoms in total. The monoisotopic (exact) mass is 192 g/mol. The van der Waals surface area contributed by atoms with Gasteiger partial charge in [-0.25, -0.2) is 0 Å². The van der Waals surface area contributed by atoms with Crippen LogP contribution in [0.2, 0.25) is 0 Å². The fraction of sp³-hybridized carbons (Fsp3) is 1.00. The largest absolute Gasteiger partial charge is 0.396 e. The van der Waals surface area contributed by atoms with Crippen molar-refractivity contribution in [3.63, 3.8) is 0 Å². The second kappa shape index (κ2) is 6.75. The molecule has 0 unspecified atom stereocenters. The van der Waals surface area contributed by atoms with Gasteiger partial charge < -0.3 is 10.2 Å². The van der Waals surface area contributed by atoms with Crippen molar-refractivity contribution in [2.45, 2.75) is 26.7 Å². The van der Waals surface area contributed by atoms with Gasteiger partial charge in [-0.15, -0.1) is 0 Å². The molecule has 0 radical (unpaired) electrons. The summed E-state index contributed by atoms with van der Waals surface area (Å²) in [5, 5.41) is 18.2. The van der Waals surface area contributed by atoms with Gasteiger partial charge in [-0.1, -0.05) is 13.8 Å². The normalized spacial score (nSPS) is 12.0. The quantitative estimate of drug-likeness (QED) is 0.601. The molecule has 0 fully saturated rings. The molecule has 0 aromatic carbocycles. The van der Waals surface area contributed by atoms with E-state index in [1.807, 2.05) is 18.7 Å². The summed E-state index contributed by atoms with van der Waals surface area (Å²) in [7, 11) is 0. The van der Waals surface area contributed by atoms with Crippen molar-refractivity contribution >= 4 is 11.8 Å². The van der Waals surface area contributed by atoms with E-state index in [0.717, 1.165) is 24.3 Å². The Morgan fingerprint density at radius 3 is 2.08 bits per heavy atom. The van der Waals surface area contributed by atoms with Crippen molar-refractivity contribution in [3.05, 3.63) is 0 Å². The minimum atomic E-state index is -0.234. The van der Waals surface area contributed by atoms with Crippen molar-refractivity contribution in [3.8, 4) is 0 Å². The molecule has 0 saturated heterocycles. The highest BCUT2D eigenvalue weighted by atomic mass is 32.2. The second-order valence-corrected chi connectivity index (χ2v) is 4.51. The van der Waals surface area contributed by atoms with E-state index >= 15 is 0 Å². The Labute approximate surface area is 79.4 Å². The summed E-state index contributed by atoms with van der Waals surface area (Å²) < 4.78 is 0. The van der Waals surface area contributed by atoms with Crippen molar-refractivity contribution in [1.82, 2.24) is 0 Å². The smallest absolute Gasteiger partial charge is 0.0509 e. The van der Waals surface area contributed by atoms with Gasteiger partial charge in [0.05, 0.1) is 13.2 Å². The number of aliphatic hydroxyl groups is 2. The summed E-state index contributed by atoms with van der Waals surface area (Å²) in [6, 6.07) is 0. The molecule has 0 heterocycles. The number of hydrogen-bond donors (Lipinski definition) is 2. The maximum absolute atomic E-state index is 9.11. The van der Waals surface area contributed by atoms with Crippen LogP contribution in [0.3, 0.4) is 0 Å². The van der Waals surface area contributed by atoms with Crippen LogP contribution in [0.1, 0.15) is 26.7 Å². The molecule has 0 aromatic heterocycles. The third-order valence-corrected chi connectivity index (χ3v) is 3.30. The van der Waals surface area contributed by atoms with Gasteiger partial charge in [-0.3, -0.25) is 0 Å². The molecule has 0 spiro atoms. The summed E-state index contributed by atoms with van der Waals surface area (Å²) in [5.41, 5.74) is -0.234. The lowest BCUT2D eigenvalue weighted by Crippen LogP contribution is -2.29. The molecule has 0 aliphatic heterocycles. The third kappa shape index (κ3) is 3.78. The first-order chi connectivity index (χ1) is 5.74. The summed E-state index contributed by atoms with van der Waals surface area (Å²) in [4.78, 5) is 0. The highest BCUT2D eigenvalue weighted by Crippen LogP contribution is 2.26. The van der Waals surface area contributed by atoms with Crippen LogP contribution >= 0.6 is 11.8 Å². The molecule has 0 aliphatic carbocycles. The maximum Gasteiger partial charge on any atom is 0.0509 e. The number of aliphatic hydroxyl groups excluding tert-OH is 2. The summed E-state index contributed by atoms with van der Waals surface area (Å²) >= 11 is 1.86. The molecule has 74 valence electrons. The van der Waals surface area contributed by atoms with Crippen molar-refractivity contribution in [1.29, 1.82) is 0 Å². The van der Waals surface area contributed by atoms with Crippen LogP contribution in [0.25, 0.3) is 0 Å². The molecule has 0 saturated carbocycles. The van der Waals surface area contributed by atoms with Gasteiger partial charge >= 0.3 is 0 Å². The zero-order valence-electron chi connectivity index (χ0n) is 8.05. The van der Waals surface area contributed by atoms with Gasteiger partial charge in [0.2, 0.25) is 0 Å². The van der Waals surface area contributed by atoms with E-state index in [4.69, 9.17) is 10.2 Å². The molecule has 0 aromatic rings. The van der Waals surface area contributed by atoms with Crippen molar-refractivity contribution in [2.24, 2.45) is 5.41 Å². The molecule has 0 aliphatic rings. The van der Waals surface area contributed by atoms with Crippen LogP contribution < -0.4 is 0 Å². The summed E-state index contributed by atoms with van der Waals surface area (Å²) in [6.07, 6.45) is 1.76. The van der Waals surface area contributed by atoms with E-state index in [2.05, 4.69) is 6.92 Å². The maximum atomic E-state index is 9.11. The van der Waals surface area contributed by atoms with Gasteiger partial charge in [0, 0.05) is 5.41 Å². The number of hydrogen-bond acceptors (Lipinski definition) is 3. The lowest BCUT2D eigenvalue weighted by molar-refractivity contribution is 0.0490. The Bertz CT molecular complexity index is 94.4. The molecule has 0 amide bonds. The van der Waals surface area contributed by atoms with E-state index in [1.165, 1.54) is 0 Å². The van der Waals surface area contributed by atoms with E-state index in [1.54, 1.807) is 0 Å². The van der Waals surface area contributed by atoms with E-state index in [9.17, 15) is 0 Å². The fourth-order valence-electron chi connectivity index (χ4n) is 1.04. The van der Waals surface area contributed by atoms with Gasteiger partial charge in [-0.2, -0.15) is 11.8 Å². The summed E-state index contributed by atoms with van der Waals surface area (Å²) in [5.74, 6) is 2.14. The molecule has 3 heteroatoms. The van der Waals surface area contributed by atoms with Crippen LogP contribution in [0.4, 0.5) is 0 Å². The lowest BCUT2D eigenvalue weighted by Gasteiger charge is -2.27. The average Bonchev–Trinajstić information content (AvgIpc) is 2.14. The van der Waals surface area contributed by atoms with Gasteiger partial charge in [0.25, 0.3) is 0 Å². The van der Waals surface area contributed by atoms with Gasteiger partial charge in [-0.05, 0) is 24.3 Å². The van der Waals surface area contributed by atoms with Crippen LogP contribution in [-0.4, -0.2) is 34.9 Å². The molecule has 12 heavy (non-hydrogen) atoms. The lowest BCUT2D eigenvalue weighted by atomic mass is 9.84. The minimum absolute atomic E-state index is 0.101. The molecule has 0 bridgehead atoms. The van der Waals surface area contributed by atoms with E-state index < -0.39 is 0 Å². The van der Waals surface area contributed by atoms with Crippen molar-refractivity contribution < 1.29 is 10.2 Å². The Morgan fingerprint density at radius 2 is 1.75 bits per heavy atom. The molecule has 0 rings (SSSR count). The fourth-order valence-corrected chi connectivity index (χ4v) is 1.91. The highest BCUT2D eigenvalue weighted by molar-refractivity contribution is 7.99. The van der Waals surface area contributed by atoms with Gasteiger partial charge in [0.15, 0.2) is 0 Å². The van der Waals surface area contributed by atoms with Crippen LogP contribution in [0, 0.1) is 5.41 Å². The first kappa shape index (κ1) is 12.3. The zero-order valence-corrected chi connectivity index (χ0v) is 8.86. The second-order valence-electron chi connectivity index (χ2n) is 3.12. The van der Waals surface area contributed by atoms with E-state index in [-0.39, 0.29) is 18.6 Å². The first-order valence-corrected chi connectivity index (χ1v) is 5.69. The molecule has 2 N–H and O–H groups in total. The molecular weight excluding hydrogens is 172 g/mol. The predicted molar refractivity (Wildman–Crippen MR) is 54.5 cm³/mol. The van der Waals surface area contributed by atoms with Crippen LogP contribution in [0.15, 0.2) is 0 Å². The van der Waals surface area contributed by atoms with Crippen LogP contribution in [-0.2, 0) is 0 Å². The number of rotatable bonds is 7. The predicted octanol–water partition coefficient (Wildman–Crippen LogP) is 1.51. The topological polar surface area (TPSA) is 40.5 Å². The molecule has 0 atom stereocenters. The van der Waals surface area contributed by atoms with Gasteiger partial charge in [0.1, 0.15) is 0 Å². The highest BCUT2D eigenvalue weighted by Gasteiger charge is 2.25. The Morgan fingerprint density at radius 1 is 1.17 bits per heavy atom. The zero-order chi connectivity index (χ0) is 9.45. The molecular formula is C9H20O2S. The van der Waals surface area contributed by atoms with Crippen LogP contribution in [0.5, 0.6) is 0 Å². The first-order valence-electron chi connectivity index (χ1n) is 4.54. The Hall–Kier alpha value is 0.270. The van der Waals surface area contributed by atoms with Crippen molar-refractivity contribution in [2.75, 3.05) is 24.7 Å². The Balaban J connectivity index is 3.76. The minimum Gasteiger partial charge on any atom is -0.396 e. The van der Waals surface area contributed by atoms with E-state index in [0.29, 0.717) is 0 Å². The summed E-state index contributed by atoms with van der Waals surface area (Å²) in [6.45, 7) is 4.34. The Kier molecular flexibility index (Phi) is 6.90. The average molecular weight is 192 g/mol. The SMILES string of the molecule is CCSCCC(CC)(CO)CO. The standard InChI is InChI=1S/C9H20O2S/c1-3-9(7-10,8-11)5-6-12-4-2/h10-11H,3-8H2,1-2H3.